The van der Waals surface area contributed by atoms with Crippen LogP contribution in [-0.4, -0.2) is 11.9 Å². The van der Waals surface area contributed by atoms with E-state index in [0.717, 1.165) is 0 Å². The molecule has 0 saturated carbocycles. The third kappa shape index (κ3) is 15.7. The molecule has 0 radical (unpaired) electrons. The molecule has 0 bridgehead atoms. The predicted molar refractivity (Wildman–Crippen MR) is 25.6 cm³/mol. The van der Waals surface area contributed by atoms with Gasteiger partial charge in [0.15, 0.2) is 0 Å². The molecule has 5 heteroatoms. The van der Waals surface area contributed by atoms with Gasteiger partial charge < -0.3 is 27.2 Å². The van der Waals surface area contributed by atoms with Crippen LogP contribution in [0.25, 0.3) is 0 Å². The fraction of sp³-hybridized carbons (Fsp3) is 0. The second-order valence-corrected chi connectivity index (χ2v) is 0.971. The number of hydrogen-bond donors (Lipinski definition) is 0. The van der Waals surface area contributed by atoms with E-state index in [9.17, 15) is 19.8 Å². The van der Waals surface area contributed by atoms with Crippen LogP contribution in [0.15, 0.2) is 12.2 Å². The fourth-order valence-corrected chi connectivity index (χ4v) is 0.136. The summed E-state index contributed by atoms with van der Waals surface area (Å²) in [5, 5.41) is 18.8. The molecule has 0 atom stereocenters. The summed E-state index contributed by atoms with van der Waals surface area (Å²) in [5.74, 6) is -3.09. The molecule has 52 valence electrons. The molecule has 0 aromatic heterocycles. The van der Waals surface area contributed by atoms with Gasteiger partial charge in [0.1, 0.15) is 0 Å². The smallest absolute Gasteiger partial charge is 0.545 e. The molecule has 0 amide bonds. The standard InChI is InChI=1S/C4H4O4.CH3.Zn/c5-3(6)1-2-4(7)8;;/h1-2H,(H,5,6)(H,7,8);1H3;/q;-1;+2/p-2/b2-1+;;. The van der Waals surface area contributed by atoms with Crippen molar-refractivity contribution < 1.29 is 39.3 Å². The Balaban J connectivity index is -0.000000245. The van der Waals surface area contributed by atoms with Crippen molar-refractivity contribution in [3.8, 4) is 0 Å². The van der Waals surface area contributed by atoms with Gasteiger partial charge in [-0.2, -0.15) is 0 Å². The van der Waals surface area contributed by atoms with E-state index in [1.807, 2.05) is 0 Å². The molecule has 0 aromatic rings. The molecule has 0 fully saturated rings. The molecule has 0 rings (SSSR count). The van der Waals surface area contributed by atoms with Gasteiger partial charge in [0.25, 0.3) is 0 Å². The first-order chi connectivity index (χ1) is 3.63. The van der Waals surface area contributed by atoms with E-state index in [-0.39, 0.29) is 26.9 Å². The van der Waals surface area contributed by atoms with Gasteiger partial charge in [0, 0.05) is 0 Å². The average molecular weight is 194 g/mol. The van der Waals surface area contributed by atoms with Crippen LogP contribution in [0.4, 0.5) is 0 Å². The average Bonchev–Trinajstić information content (AvgIpc) is 1.61. The van der Waals surface area contributed by atoms with Gasteiger partial charge in [-0.3, -0.25) is 0 Å². The molecule has 0 aliphatic carbocycles. The molecule has 0 heterocycles. The summed E-state index contributed by atoms with van der Waals surface area (Å²) in [4.78, 5) is 18.8. The van der Waals surface area contributed by atoms with Gasteiger partial charge >= 0.3 is 19.5 Å². The predicted octanol–water partition coefficient (Wildman–Crippen LogP) is -2.51. The van der Waals surface area contributed by atoms with Crippen LogP contribution in [-0.2, 0) is 29.1 Å². The van der Waals surface area contributed by atoms with Gasteiger partial charge in [-0.1, -0.05) is 0 Å². The van der Waals surface area contributed by atoms with Gasteiger partial charge in [-0.25, -0.2) is 0 Å². The van der Waals surface area contributed by atoms with Crippen LogP contribution >= 0.6 is 0 Å². The van der Waals surface area contributed by atoms with Crippen molar-refractivity contribution in [2.24, 2.45) is 0 Å². The van der Waals surface area contributed by atoms with Crippen molar-refractivity contribution in [3.63, 3.8) is 0 Å². The Labute approximate surface area is 71.3 Å². The summed E-state index contributed by atoms with van der Waals surface area (Å²) in [5.41, 5.74) is 0. The third-order valence-electron chi connectivity index (χ3n) is 0.355. The second kappa shape index (κ2) is 8.30. The van der Waals surface area contributed by atoms with Crippen molar-refractivity contribution in [2.45, 2.75) is 0 Å². The number of carbonyl (C=O) groups is 2. The van der Waals surface area contributed by atoms with Crippen LogP contribution in [0.1, 0.15) is 0 Å². The summed E-state index contributed by atoms with van der Waals surface area (Å²) in [7, 11) is 0. The number of rotatable bonds is 2. The van der Waals surface area contributed by atoms with Gasteiger partial charge in [0.05, 0.1) is 11.9 Å². The van der Waals surface area contributed by atoms with Crippen molar-refractivity contribution >= 4 is 11.9 Å². The Kier molecular flexibility index (Phi) is 13.4. The fourth-order valence-electron chi connectivity index (χ4n) is 0.136. The van der Waals surface area contributed by atoms with Gasteiger partial charge in [-0.15, -0.1) is 0 Å². The number of carbonyl (C=O) groups excluding carboxylic acids is 2. The zero-order chi connectivity index (χ0) is 6.57. The first kappa shape index (κ1) is 16.1. The number of hydrogen-bond acceptors (Lipinski definition) is 4. The number of carboxylic acids is 2. The SMILES string of the molecule is O=C([O-])/C=C/C(=O)[O-].[CH3-].[Zn+2]. The van der Waals surface area contributed by atoms with Crippen LogP contribution in [0.3, 0.4) is 0 Å². The summed E-state index contributed by atoms with van der Waals surface area (Å²) in [6.07, 6.45) is 0.769. The maximum atomic E-state index is 9.41. The van der Waals surface area contributed by atoms with Crippen LogP contribution in [0.2, 0.25) is 0 Å². The first-order valence-electron chi connectivity index (χ1n) is 1.73. The zero-order valence-corrected chi connectivity index (χ0v) is 8.46. The molecule has 0 N–H and O–H groups in total. The summed E-state index contributed by atoms with van der Waals surface area (Å²) >= 11 is 0. The first-order valence-corrected chi connectivity index (χ1v) is 1.73. The third-order valence-corrected chi connectivity index (χ3v) is 0.355. The second-order valence-electron chi connectivity index (χ2n) is 0.971. The van der Waals surface area contributed by atoms with Crippen LogP contribution in [0.5, 0.6) is 0 Å². The summed E-state index contributed by atoms with van der Waals surface area (Å²) in [6, 6.07) is 0. The minimum atomic E-state index is -1.55. The quantitative estimate of drug-likeness (QED) is 0.276. The molecular formula is C5H5O4Zn-. The normalized spacial score (nSPS) is 7.60. The maximum Gasteiger partial charge on any atom is 2.00 e. The summed E-state index contributed by atoms with van der Waals surface area (Å²) < 4.78 is 0. The van der Waals surface area contributed by atoms with E-state index in [0.29, 0.717) is 12.2 Å². The van der Waals surface area contributed by atoms with Crippen molar-refractivity contribution in [1.82, 2.24) is 0 Å². The largest absolute Gasteiger partial charge is 2.00 e. The van der Waals surface area contributed by atoms with E-state index in [1.165, 1.54) is 0 Å². The Morgan fingerprint density at radius 3 is 1.30 bits per heavy atom. The van der Waals surface area contributed by atoms with Crippen LogP contribution < -0.4 is 10.2 Å². The van der Waals surface area contributed by atoms with Gasteiger partial charge in [0.2, 0.25) is 0 Å². The topological polar surface area (TPSA) is 80.3 Å². The van der Waals surface area contributed by atoms with E-state index in [4.69, 9.17) is 0 Å². The Morgan fingerprint density at radius 2 is 1.20 bits per heavy atom. The van der Waals surface area contributed by atoms with Gasteiger partial charge in [-0.05, 0) is 12.2 Å². The van der Waals surface area contributed by atoms with Crippen molar-refractivity contribution in [1.29, 1.82) is 0 Å². The molecule has 0 aliphatic rings. The molecule has 0 saturated heterocycles. The zero-order valence-electron chi connectivity index (χ0n) is 5.49. The number of carboxylic acid groups (broad SMARTS) is 2. The maximum absolute atomic E-state index is 9.41. The molecule has 0 aromatic carbocycles. The van der Waals surface area contributed by atoms with Crippen LogP contribution in [0, 0.1) is 7.43 Å². The molecule has 0 aliphatic heterocycles. The molecule has 4 nitrogen and oxygen atoms in total. The van der Waals surface area contributed by atoms with E-state index in [1.54, 1.807) is 0 Å². The molecule has 0 spiro atoms. The Morgan fingerprint density at radius 1 is 1.00 bits per heavy atom. The Bertz CT molecular complexity index is 125. The van der Waals surface area contributed by atoms with Crippen molar-refractivity contribution in [3.05, 3.63) is 19.6 Å². The molecule has 10 heavy (non-hydrogen) atoms. The molecule has 0 unspecified atom stereocenters. The Hall–Kier alpha value is -0.697. The van der Waals surface area contributed by atoms with E-state index >= 15 is 0 Å². The van der Waals surface area contributed by atoms with E-state index in [2.05, 4.69) is 0 Å². The van der Waals surface area contributed by atoms with Crippen molar-refractivity contribution in [2.75, 3.05) is 0 Å². The molecular weight excluding hydrogens is 189 g/mol. The minimum Gasteiger partial charge on any atom is -0.545 e. The number of aliphatic carboxylic acids is 2. The monoisotopic (exact) mass is 193 g/mol. The van der Waals surface area contributed by atoms with E-state index < -0.39 is 11.9 Å². The summed E-state index contributed by atoms with van der Waals surface area (Å²) in [6.45, 7) is 0. The minimum absolute atomic E-state index is 0.